The average Bonchev–Trinajstić information content (AvgIpc) is 3.09. The zero-order valence-electron chi connectivity index (χ0n) is 14.0. The SMILES string of the molecule is Oc1ccc(CCN2CC3CC(O)(c4cccnc4F)CC3C2)nc1. The molecule has 0 spiro atoms. The topological polar surface area (TPSA) is 69.5 Å². The van der Waals surface area contributed by atoms with Gasteiger partial charge in [-0.2, -0.15) is 4.39 Å². The number of pyridine rings is 2. The Hall–Kier alpha value is -2.05. The number of likely N-dealkylation sites (tertiary alicyclic amines) is 1. The zero-order valence-corrected chi connectivity index (χ0v) is 14.0. The molecule has 25 heavy (non-hydrogen) atoms. The van der Waals surface area contributed by atoms with E-state index in [2.05, 4.69) is 14.9 Å². The number of fused-ring (bicyclic) bond motifs is 1. The van der Waals surface area contributed by atoms with Gasteiger partial charge in [-0.05, 0) is 42.9 Å². The summed E-state index contributed by atoms with van der Waals surface area (Å²) in [5, 5.41) is 20.2. The Morgan fingerprint density at radius 2 is 1.92 bits per heavy atom. The van der Waals surface area contributed by atoms with E-state index in [9.17, 15) is 14.6 Å². The van der Waals surface area contributed by atoms with Crippen LogP contribution in [0.4, 0.5) is 4.39 Å². The smallest absolute Gasteiger partial charge is 0.218 e. The van der Waals surface area contributed by atoms with Crippen LogP contribution in [-0.2, 0) is 12.0 Å². The minimum absolute atomic E-state index is 0.182. The maximum absolute atomic E-state index is 14.0. The number of hydrogen-bond donors (Lipinski definition) is 2. The fraction of sp³-hybridized carbons (Fsp3) is 0.474. The highest BCUT2D eigenvalue weighted by Gasteiger charge is 2.49. The summed E-state index contributed by atoms with van der Waals surface area (Å²) >= 11 is 0. The van der Waals surface area contributed by atoms with Gasteiger partial charge < -0.3 is 15.1 Å². The minimum Gasteiger partial charge on any atom is -0.506 e. The number of rotatable bonds is 4. The van der Waals surface area contributed by atoms with Gasteiger partial charge in [0.1, 0.15) is 5.75 Å². The number of halogens is 1. The lowest BCUT2D eigenvalue weighted by molar-refractivity contribution is 0.0272. The van der Waals surface area contributed by atoms with Gasteiger partial charge in [-0.15, -0.1) is 0 Å². The monoisotopic (exact) mass is 343 g/mol. The van der Waals surface area contributed by atoms with Crippen molar-refractivity contribution in [2.75, 3.05) is 19.6 Å². The van der Waals surface area contributed by atoms with E-state index in [1.807, 2.05) is 6.07 Å². The van der Waals surface area contributed by atoms with Crippen molar-refractivity contribution in [2.45, 2.75) is 24.9 Å². The Kier molecular flexibility index (Phi) is 4.17. The summed E-state index contributed by atoms with van der Waals surface area (Å²) in [7, 11) is 0. The van der Waals surface area contributed by atoms with Crippen LogP contribution in [0.3, 0.4) is 0 Å². The Balaban J connectivity index is 1.36. The van der Waals surface area contributed by atoms with Crippen LogP contribution in [0.15, 0.2) is 36.7 Å². The second-order valence-corrected chi connectivity index (χ2v) is 7.32. The van der Waals surface area contributed by atoms with Crippen molar-refractivity contribution in [1.29, 1.82) is 0 Å². The fourth-order valence-corrected chi connectivity index (χ4v) is 4.42. The molecule has 2 atom stereocenters. The first-order valence-electron chi connectivity index (χ1n) is 8.73. The predicted octanol–water partition coefficient (Wildman–Crippen LogP) is 2.09. The summed E-state index contributed by atoms with van der Waals surface area (Å²) in [6, 6.07) is 6.83. The number of aromatic hydroxyl groups is 1. The van der Waals surface area contributed by atoms with Crippen LogP contribution in [0, 0.1) is 17.8 Å². The molecule has 6 heteroatoms. The van der Waals surface area contributed by atoms with E-state index in [0.29, 0.717) is 30.2 Å². The largest absolute Gasteiger partial charge is 0.506 e. The maximum Gasteiger partial charge on any atom is 0.218 e. The van der Waals surface area contributed by atoms with Crippen molar-refractivity contribution in [3.63, 3.8) is 0 Å². The molecule has 1 saturated heterocycles. The van der Waals surface area contributed by atoms with Gasteiger partial charge in [0, 0.05) is 43.5 Å². The van der Waals surface area contributed by atoms with E-state index < -0.39 is 11.5 Å². The van der Waals surface area contributed by atoms with Crippen LogP contribution >= 0.6 is 0 Å². The van der Waals surface area contributed by atoms with E-state index in [4.69, 9.17) is 0 Å². The molecule has 2 N–H and O–H groups in total. The highest BCUT2D eigenvalue weighted by Crippen LogP contribution is 2.49. The third-order valence-corrected chi connectivity index (χ3v) is 5.61. The maximum atomic E-state index is 14.0. The van der Waals surface area contributed by atoms with Crippen LogP contribution in [0.2, 0.25) is 0 Å². The molecular weight excluding hydrogens is 321 g/mol. The molecule has 3 heterocycles. The third-order valence-electron chi connectivity index (χ3n) is 5.61. The molecule has 5 nitrogen and oxygen atoms in total. The zero-order chi connectivity index (χ0) is 17.4. The van der Waals surface area contributed by atoms with Gasteiger partial charge in [0.15, 0.2) is 0 Å². The number of hydrogen-bond acceptors (Lipinski definition) is 5. The number of aliphatic hydroxyl groups is 1. The Bertz CT molecular complexity index is 739. The summed E-state index contributed by atoms with van der Waals surface area (Å²) in [4.78, 5) is 10.3. The Labute approximate surface area is 146 Å². The van der Waals surface area contributed by atoms with E-state index in [1.54, 1.807) is 18.2 Å². The van der Waals surface area contributed by atoms with Crippen LogP contribution in [0.25, 0.3) is 0 Å². The van der Waals surface area contributed by atoms with Gasteiger partial charge in [0.05, 0.1) is 11.8 Å². The quantitative estimate of drug-likeness (QED) is 0.832. The first kappa shape index (κ1) is 16.4. The Morgan fingerprint density at radius 1 is 1.16 bits per heavy atom. The first-order chi connectivity index (χ1) is 12.0. The number of nitrogens with zero attached hydrogens (tertiary/aromatic N) is 3. The van der Waals surface area contributed by atoms with Crippen LogP contribution < -0.4 is 0 Å². The summed E-state index contributed by atoms with van der Waals surface area (Å²) in [5.41, 5.74) is 0.214. The molecule has 132 valence electrons. The molecule has 0 bridgehead atoms. The lowest BCUT2D eigenvalue weighted by atomic mass is 9.91. The van der Waals surface area contributed by atoms with Gasteiger partial charge in [-0.1, -0.05) is 6.07 Å². The summed E-state index contributed by atoms with van der Waals surface area (Å²) < 4.78 is 14.0. The van der Waals surface area contributed by atoms with Crippen molar-refractivity contribution in [1.82, 2.24) is 14.9 Å². The summed E-state index contributed by atoms with van der Waals surface area (Å²) in [6.45, 7) is 2.75. The normalized spacial score (nSPS) is 29.0. The van der Waals surface area contributed by atoms with Crippen LogP contribution in [-0.4, -0.2) is 44.7 Å². The van der Waals surface area contributed by atoms with Crippen molar-refractivity contribution in [2.24, 2.45) is 11.8 Å². The molecule has 2 fully saturated rings. The van der Waals surface area contributed by atoms with E-state index in [0.717, 1.165) is 31.7 Å². The lowest BCUT2D eigenvalue weighted by Gasteiger charge is -2.26. The second kappa shape index (κ2) is 6.35. The first-order valence-corrected chi connectivity index (χ1v) is 8.73. The van der Waals surface area contributed by atoms with Gasteiger partial charge >= 0.3 is 0 Å². The predicted molar refractivity (Wildman–Crippen MR) is 90.4 cm³/mol. The highest BCUT2D eigenvalue weighted by molar-refractivity contribution is 5.23. The van der Waals surface area contributed by atoms with E-state index in [1.165, 1.54) is 12.4 Å². The van der Waals surface area contributed by atoms with Gasteiger partial charge in [0.2, 0.25) is 5.95 Å². The van der Waals surface area contributed by atoms with E-state index in [-0.39, 0.29) is 5.75 Å². The molecule has 1 aliphatic heterocycles. The molecule has 2 aromatic rings. The molecule has 4 rings (SSSR count). The van der Waals surface area contributed by atoms with Gasteiger partial charge in [-0.3, -0.25) is 4.98 Å². The summed E-state index contributed by atoms with van der Waals surface area (Å²) in [5.74, 6) is 0.399. The average molecular weight is 343 g/mol. The van der Waals surface area contributed by atoms with E-state index >= 15 is 0 Å². The standard InChI is InChI=1S/C19H22FN3O2/c20-18-17(2-1-6-21-18)19(25)8-13-11-23(12-14(13)9-19)7-5-15-3-4-16(24)10-22-15/h1-4,6,10,13-14,24-25H,5,7-9,11-12H2. The molecule has 0 radical (unpaired) electrons. The molecule has 2 unspecified atom stereocenters. The molecule has 0 amide bonds. The van der Waals surface area contributed by atoms with Crippen LogP contribution in [0.1, 0.15) is 24.1 Å². The third kappa shape index (κ3) is 3.24. The molecule has 1 aliphatic carbocycles. The van der Waals surface area contributed by atoms with Gasteiger partial charge in [-0.25, -0.2) is 4.98 Å². The molecular formula is C19H22FN3O2. The van der Waals surface area contributed by atoms with Crippen molar-refractivity contribution in [3.05, 3.63) is 53.9 Å². The second-order valence-electron chi connectivity index (χ2n) is 7.32. The van der Waals surface area contributed by atoms with Crippen molar-refractivity contribution >= 4 is 0 Å². The molecule has 2 aliphatic rings. The number of aromatic nitrogens is 2. The Morgan fingerprint density at radius 3 is 2.56 bits per heavy atom. The molecule has 1 saturated carbocycles. The minimum atomic E-state index is -1.09. The molecule has 2 aromatic heterocycles. The highest BCUT2D eigenvalue weighted by atomic mass is 19.1. The van der Waals surface area contributed by atoms with Crippen molar-refractivity contribution < 1.29 is 14.6 Å². The van der Waals surface area contributed by atoms with Crippen molar-refractivity contribution in [3.8, 4) is 5.75 Å². The lowest BCUT2D eigenvalue weighted by Crippen LogP contribution is -2.30. The molecule has 0 aromatic carbocycles. The fourth-order valence-electron chi connectivity index (χ4n) is 4.42. The van der Waals surface area contributed by atoms with Crippen LogP contribution in [0.5, 0.6) is 5.75 Å². The van der Waals surface area contributed by atoms with Gasteiger partial charge in [0.25, 0.3) is 0 Å². The summed E-state index contributed by atoms with van der Waals surface area (Å²) in [6.07, 6.45) is 4.90.